The van der Waals surface area contributed by atoms with Crippen LogP contribution in [-0.2, 0) is 13.1 Å². The highest BCUT2D eigenvalue weighted by atomic mass is 16.4. The summed E-state index contributed by atoms with van der Waals surface area (Å²) in [6, 6.07) is 1.02. The average Bonchev–Trinajstić information content (AvgIpc) is 3.02. The van der Waals surface area contributed by atoms with E-state index in [9.17, 15) is 0 Å². The normalized spacial score (nSPS) is 14.8. The van der Waals surface area contributed by atoms with E-state index >= 15 is 0 Å². The van der Waals surface area contributed by atoms with Crippen LogP contribution < -0.4 is 10.6 Å². The molecule has 102 valence electrons. The number of aromatic nitrogens is 3. The van der Waals surface area contributed by atoms with Crippen molar-refractivity contribution in [3.05, 3.63) is 23.2 Å². The molecule has 2 heterocycles. The fourth-order valence-corrected chi connectivity index (χ4v) is 1.68. The molecular formula is C12H17N5O2. The van der Waals surface area contributed by atoms with Gasteiger partial charge in [-0.15, -0.1) is 5.10 Å². The minimum absolute atomic E-state index is 0.390. The SMILES string of the molecule is Cc1nc(CNc2nnc(CNC3CC3)o2)oc1C. The Morgan fingerprint density at radius 2 is 1.95 bits per heavy atom. The van der Waals surface area contributed by atoms with Gasteiger partial charge in [0.15, 0.2) is 0 Å². The van der Waals surface area contributed by atoms with Gasteiger partial charge in [0.1, 0.15) is 5.76 Å². The van der Waals surface area contributed by atoms with Gasteiger partial charge in [-0.3, -0.25) is 0 Å². The lowest BCUT2D eigenvalue weighted by Crippen LogP contribution is -2.15. The minimum Gasteiger partial charge on any atom is -0.444 e. The van der Waals surface area contributed by atoms with E-state index in [1.165, 1.54) is 12.8 Å². The second kappa shape index (κ2) is 5.00. The van der Waals surface area contributed by atoms with E-state index in [0.717, 1.165) is 11.5 Å². The molecule has 0 atom stereocenters. The Morgan fingerprint density at radius 3 is 2.63 bits per heavy atom. The highest BCUT2D eigenvalue weighted by Crippen LogP contribution is 2.19. The number of nitrogens with zero attached hydrogens (tertiary/aromatic N) is 3. The summed E-state index contributed by atoms with van der Waals surface area (Å²) in [6.07, 6.45) is 2.48. The van der Waals surface area contributed by atoms with Crippen molar-refractivity contribution in [3.8, 4) is 0 Å². The lowest BCUT2D eigenvalue weighted by atomic mass is 10.4. The number of rotatable bonds is 6. The minimum atomic E-state index is 0.390. The van der Waals surface area contributed by atoms with E-state index in [0.29, 0.717) is 36.9 Å². The van der Waals surface area contributed by atoms with Crippen LogP contribution in [0.4, 0.5) is 6.01 Å². The van der Waals surface area contributed by atoms with E-state index in [1.54, 1.807) is 0 Å². The second-order valence-electron chi connectivity index (χ2n) is 4.76. The molecule has 1 aliphatic rings. The number of anilines is 1. The van der Waals surface area contributed by atoms with Gasteiger partial charge in [-0.1, -0.05) is 5.10 Å². The molecule has 0 amide bonds. The molecule has 7 heteroatoms. The fraction of sp³-hybridized carbons (Fsp3) is 0.583. The summed E-state index contributed by atoms with van der Waals surface area (Å²) in [5, 5.41) is 14.2. The Labute approximate surface area is 110 Å². The van der Waals surface area contributed by atoms with E-state index in [2.05, 4.69) is 25.8 Å². The van der Waals surface area contributed by atoms with Gasteiger partial charge in [0.2, 0.25) is 11.8 Å². The summed E-state index contributed by atoms with van der Waals surface area (Å²) < 4.78 is 10.9. The molecule has 0 saturated heterocycles. The summed E-state index contributed by atoms with van der Waals surface area (Å²) in [6.45, 7) is 4.86. The Hall–Kier alpha value is -1.89. The lowest BCUT2D eigenvalue weighted by Gasteiger charge is -1.97. The molecular weight excluding hydrogens is 246 g/mol. The molecule has 1 saturated carbocycles. The molecule has 0 spiro atoms. The molecule has 1 fully saturated rings. The van der Waals surface area contributed by atoms with Gasteiger partial charge in [0.05, 0.1) is 18.8 Å². The van der Waals surface area contributed by atoms with Crippen LogP contribution in [0.5, 0.6) is 0 Å². The van der Waals surface area contributed by atoms with Crippen LogP contribution in [0.2, 0.25) is 0 Å². The smallest absolute Gasteiger partial charge is 0.315 e. The van der Waals surface area contributed by atoms with Crippen molar-refractivity contribution in [1.82, 2.24) is 20.5 Å². The maximum Gasteiger partial charge on any atom is 0.315 e. The van der Waals surface area contributed by atoms with Crippen molar-refractivity contribution in [2.45, 2.75) is 45.8 Å². The molecule has 7 nitrogen and oxygen atoms in total. The molecule has 19 heavy (non-hydrogen) atoms. The van der Waals surface area contributed by atoms with Gasteiger partial charge in [0, 0.05) is 6.04 Å². The van der Waals surface area contributed by atoms with Gasteiger partial charge in [-0.05, 0) is 26.7 Å². The predicted molar refractivity (Wildman–Crippen MR) is 67.5 cm³/mol. The van der Waals surface area contributed by atoms with E-state index in [-0.39, 0.29) is 0 Å². The van der Waals surface area contributed by atoms with Gasteiger partial charge >= 0.3 is 6.01 Å². The van der Waals surface area contributed by atoms with Crippen LogP contribution in [0.25, 0.3) is 0 Å². The van der Waals surface area contributed by atoms with Crippen molar-refractivity contribution in [2.24, 2.45) is 0 Å². The van der Waals surface area contributed by atoms with Crippen molar-refractivity contribution >= 4 is 6.01 Å². The van der Waals surface area contributed by atoms with Crippen LogP contribution in [-0.4, -0.2) is 21.2 Å². The molecule has 2 N–H and O–H groups in total. The maximum atomic E-state index is 5.46. The van der Waals surface area contributed by atoms with Gasteiger partial charge in [-0.25, -0.2) is 4.98 Å². The zero-order chi connectivity index (χ0) is 13.2. The standard InChI is InChI=1S/C12H17N5O2/c1-7-8(2)18-10(15-7)5-14-12-17-16-11(19-12)6-13-9-3-4-9/h9,13H,3-6H2,1-2H3,(H,14,17). The van der Waals surface area contributed by atoms with E-state index < -0.39 is 0 Å². The van der Waals surface area contributed by atoms with Crippen molar-refractivity contribution in [2.75, 3.05) is 5.32 Å². The molecule has 0 aromatic carbocycles. The molecule has 0 unspecified atom stereocenters. The zero-order valence-corrected chi connectivity index (χ0v) is 11.1. The predicted octanol–water partition coefficient (Wildman–Crippen LogP) is 1.54. The lowest BCUT2D eigenvalue weighted by molar-refractivity contribution is 0.460. The third-order valence-corrected chi connectivity index (χ3v) is 3.05. The fourth-order valence-electron chi connectivity index (χ4n) is 1.68. The first kappa shape index (κ1) is 12.2. The quantitative estimate of drug-likeness (QED) is 0.817. The summed E-state index contributed by atoms with van der Waals surface area (Å²) in [7, 11) is 0. The number of hydrogen-bond donors (Lipinski definition) is 2. The second-order valence-corrected chi connectivity index (χ2v) is 4.76. The van der Waals surface area contributed by atoms with Crippen LogP contribution >= 0.6 is 0 Å². The average molecular weight is 263 g/mol. The van der Waals surface area contributed by atoms with Gasteiger partial charge in [0.25, 0.3) is 0 Å². The van der Waals surface area contributed by atoms with E-state index in [1.807, 2.05) is 13.8 Å². The number of aryl methyl sites for hydroxylation is 2. The van der Waals surface area contributed by atoms with Crippen LogP contribution in [0.1, 0.15) is 36.1 Å². The summed E-state index contributed by atoms with van der Waals surface area (Å²) in [5.41, 5.74) is 0.900. The molecule has 0 aliphatic heterocycles. The Kier molecular flexibility index (Phi) is 3.20. The van der Waals surface area contributed by atoms with Crippen molar-refractivity contribution in [1.29, 1.82) is 0 Å². The number of oxazole rings is 1. The van der Waals surface area contributed by atoms with Crippen LogP contribution in [0.3, 0.4) is 0 Å². The van der Waals surface area contributed by atoms with E-state index in [4.69, 9.17) is 8.83 Å². The van der Waals surface area contributed by atoms with Crippen molar-refractivity contribution < 1.29 is 8.83 Å². The molecule has 0 bridgehead atoms. The number of hydrogen-bond acceptors (Lipinski definition) is 7. The van der Waals surface area contributed by atoms with Crippen LogP contribution in [0.15, 0.2) is 8.83 Å². The Morgan fingerprint density at radius 1 is 1.11 bits per heavy atom. The number of nitrogens with one attached hydrogen (secondary N) is 2. The van der Waals surface area contributed by atoms with Crippen LogP contribution in [0, 0.1) is 13.8 Å². The zero-order valence-electron chi connectivity index (χ0n) is 11.1. The third-order valence-electron chi connectivity index (χ3n) is 3.05. The molecule has 2 aromatic heterocycles. The summed E-state index contributed by atoms with van der Waals surface area (Å²) in [5.74, 6) is 2.04. The largest absolute Gasteiger partial charge is 0.444 e. The van der Waals surface area contributed by atoms with Crippen molar-refractivity contribution in [3.63, 3.8) is 0 Å². The van der Waals surface area contributed by atoms with Gasteiger partial charge < -0.3 is 19.5 Å². The first-order valence-electron chi connectivity index (χ1n) is 6.43. The summed E-state index contributed by atoms with van der Waals surface area (Å²) in [4.78, 5) is 4.27. The highest BCUT2D eigenvalue weighted by molar-refractivity contribution is 5.18. The van der Waals surface area contributed by atoms with Gasteiger partial charge in [-0.2, -0.15) is 0 Å². The third kappa shape index (κ3) is 3.11. The maximum absolute atomic E-state index is 5.46. The molecule has 1 aliphatic carbocycles. The molecule has 0 radical (unpaired) electrons. The monoisotopic (exact) mass is 263 g/mol. The Bertz CT molecular complexity index is 539. The first-order valence-corrected chi connectivity index (χ1v) is 6.43. The molecule has 3 rings (SSSR count). The summed E-state index contributed by atoms with van der Waals surface area (Å²) >= 11 is 0. The first-order chi connectivity index (χ1) is 9.20. The topological polar surface area (TPSA) is 89.0 Å². The highest BCUT2D eigenvalue weighted by Gasteiger charge is 2.21. The Balaban J connectivity index is 1.51. The molecule has 2 aromatic rings.